The van der Waals surface area contributed by atoms with Gasteiger partial charge in [0.15, 0.2) is 0 Å². The van der Waals surface area contributed by atoms with Gasteiger partial charge in [0.2, 0.25) is 0 Å². The zero-order valence-corrected chi connectivity index (χ0v) is 21.8. The molecule has 2 fully saturated rings. The Kier molecular flexibility index (Phi) is 7.27. The Morgan fingerprint density at radius 2 is 1.00 bits per heavy atom. The number of para-hydroxylation sites is 1. The molecule has 3 heteroatoms. The van der Waals surface area contributed by atoms with E-state index in [-0.39, 0.29) is 17.2 Å². The first kappa shape index (κ1) is 24.7. The number of hydrogen-bond acceptors (Lipinski definition) is 3. The summed E-state index contributed by atoms with van der Waals surface area (Å²) in [6, 6.07) is 15.5. The van der Waals surface area contributed by atoms with E-state index in [9.17, 15) is 15.3 Å². The van der Waals surface area contributed by atoms with E-state index in [1.807, 2.05) is 30.3 Å². The summed E-state index contributed by atoms with van der Waals surface area (Å²) in [5.41, 5.74) is 7.06. The molecule has 36 heavy (non-hydrogen) atoms. The zero-order valence-electron chi connectivity index (χ0n) is 21.8. The first-order chi connectivity index (χ1) is 17.4. The van der Waals surface area contributed by atoms with E-state index < -0.39 is 5.92 Å². The van der Waals surface area contributed by atoms with Gasteiger partial charge in [-0.15, -0.1) is 0 Å². The number of rotatable bonds is 5. The maximum atomic E-state index is 11.3. The second kappa shape index (κ2) is 10.6. The Bertz CT molecular complexity index is 1140. The smallest absolute Gasteiger partial charge is 0.120 e. The normalized spacial score (nSPS) is 17.5. The molecule has 0 amide bonds. The van der Waals surface area contributed by atoms with Crippen LogP contribution < -0.4 is 0 Å². The van der Waals surface area contributed by atoms with Crippen molar-refractivity contribution in [3.8, 4) is 17.2 Å². The first-order valence-electron chi connectivity index (χ1n) is 13.9. The molecular formula is C33H40O3. The molecule has 0 heterocycles. The molecular weight excluding hydrogens is 444 g/mol. The topological polar surface area (TPSA) is 60.7 Å². The highest BCUT2D eigenvalue weighted by atomic mass is 16.3. The van der Waals surface area contributed by atoms with Gasteiger partial charge in [0.1, 0.15) is 17.2 Å². The summed E-state index contributed by atoms with van der Waals surface area (Å²) in [6.45, 7) is 4.18. The SMILES string of the molecule is Cc1cc(O)c(C(c2ccccc2O)c2cc(C3CCCCC3)c(C)cc2O)cc1C1CCCCC1. The summed E-state index contributed by atoms with van der Waals surface area (Å²) in [5, 5.41) is 33.6. The van der Waals surface area contributed by atoms with Crippen LogP contribution in [0.25, 0.3) is 0 Å². The Balaban J connectivity index is 1.69. The van der Waals surface area contributed by atoms with E-state index in [4.69, 9.17) is 0 Å². The molecule has 3 aromatic carbocycles. The van der Waals surface area contributed by atoms with Gasteiger partial charge in [-0.1, -0.05) is 68.9 Å². The van der Waals surface area contributed by atoms with Gasteiger partial charge < -0.3 is 15.3 Å². The van der Waals surface area contributed by atoms with Gasteiger partial charge in [-0.25, -0.2) is 0 Å². The number of benzene rings is 3. The lowest BCUT2D eigenvalue weighted by Gasteiger charge is -2.29. The lowest BCUT2D eigenvalue weighted by Crippen LogP contribution is -2.12. The summed E-state index contributed by atoms with van der Waals surface area (Å²) < 4.78 is 0. The number of aryl methyl sites for hydroxylation is 2. The first-order valence-corrected chi connectivity index (χ1v) is 13.9. The van der Waals surface area contributed by atoms with Crippen molar-refractivity contribution in [2.75, 3.05) is 0 Å². The molecule has 0 unspecified atom stereocenters. The van der Waals surface area contributed by atoms with Gasteiger partial charge in [0, 0.05) is 22.6 Å². The molecule has 5 rings (SSSR count). The lowest BCUT2D eigenvalue weighted by molar-refractivity contribution is 0.434. The molecule has 0 saturated heterocycles. The average molecular weight is 485 g/mol. The summed E-state index contributed by atoms with van der Waals surface area (Å²) >= 11 is 0. The average Bonchev–Trinajstić information content (AvgIpc) is 2.88. The van der Waals surface area contributed by atoms with Crippen molar-refractivity contribution >= 4 is 0 Å². The Morgan fingerprint density at radius 1 is 0.556 bits per heavy atom. The third-order valence-electron chi connectivity index (χ3n) is 8.79. The molecule has 2 saturated carbocycles. The van der Waals surface area contributed by atoms with Crippen LogP contribution >= 0.6 is 0 Å². The molecule has 0 spiro atoms. The summed E-state index contributed by atoms with van der Waals surface area (Å²) in [7, 11) is 0. The highest BCUT2D eigenvalue weighted by Crippen LogP contribution is 2.47. The summed E-state index contributed by atoms with van der Waals surface area (Å²) in [4.78, 5) is 0. The van der Waals surface area contributed by atoms with Crippen molar-refractivity contribution in [2.45, 2.75) is 95.8 Å². The van der Waals surface area contributed by atoms with Crippen LogP contribution in [0.15, 0.2) is 48.5 Å². The van der Waals surface area contributed by atoms with Crippen molar-refractivity contribution in [1.82, 2.24) is 0 Å². The Morgan fingerprint density at radius 3 is 1.44 bits per heavy atom. The predicted molar refractivity (Wildman–Crippen MR) is 146 cm³/mol. The molecule has 3 N–H and O–H groups in total. The third-order valence-corrected chi connectivity index (χ3v) is 8.79. The summed E-state index contributed by atoms with van der Waals surface area (Å²) in [6.07, 6.45) is 12.3. The largest absolute Gasteiger partial charge is 0.508 e. The molecule has 0 aliphatic heterocycles. The molecule has 2 aliphatic carbocycles. The minimum atomic E-state index is -0.461. The molecule has 0 aromatic heterocycles. The van der Waals surface area contributed by atoms with Crippen LogP contribution in [-0.4, -0.2) is 15.3 Å². The third kappa shape index (κ3) is 4.85. The van der Waals surface area contributed by atoms with Crippen LogP contribution in [0.2, 0.25) is 0 Å². The van der Waals surface area contributed by atoms with E-state index in [2.05, 4.69) is 26.0 Å². The maximum Gasteiger partial charge on any atom is 0.120 e. The lowest BCUT2D eigenvalue weighted by atomic mass is 9.76. The maximum absolute atomic E-state index is 11.3. The van der Waals surface area contributed by atoms with Crippen LogP contribution in [0.5, 0.6) is 17.2 Å². The highest BCUT2D eigenvalue weighted by molar-refractivity contribution is 5.59. The van der Waals surface area contributed by atoms with Gasteiger partial charge in [-0.05, 0) is 91.8 Å². The van der Waals surface area contributed by atoms with Crippen molar-refractivity contribution in [2.24, 2.45) is 0 Å². The van der Waals surface area contributed by atoms with Crippen LogP contribution in [0.4, 0.5) is 0 Å². The second-order valence-corrected chi connectivity index (χ2v) is 11.2. The fourth-order valence-electron chi connectivity index (χ4n) is 6.86. The van der Waals surface area contributed by atoms with Crippen molar-refractivity contribution in [3.63, 3.8) is 0 Å². The van der Waals surface area contributed by atoms with E-state index in [0.717, 1.165) is 22.3 Å². The predicted octanol–water partition coefficient (Wildman–Crippen LogP) is 8.70. The van der Waals surface area contributed by atoms with Gasteiger partial charge >= 0.3 is 0 Å². The molecule has 0 atom stereocenters. The molecule has 2 aliphatic rings. The highest BCUT2D eigenvalue weighted by Gasteiger charge is 2.29. The standard InChI is InChI=1S/C33H40O3/c1-21-17-31(35)28(19-26(21)23-11-5-3-6-12-23)33(25-15-9-10-16-30(25)34)29-20-27(22(2)18-32(29)36)24-13-7-4-8-14-24/h9-10,15-20,23-24,33-36H,3-8,11-14H2,1-2H3. The second-order valence-electron chi connectivity index (χ2n) is 11.2. The van der Waals surface area contributed by atoms with Crippen molar-refractivity contribution in [3.05, 3.63) is 87.5 Å². The molecule has 190 valence electrons. The van der Waals surface area contributed by atoms with Crippen LogP contribution in [0.1, 0.15) is 121 Å². The van der Waals surface area contributed by atoms with E-state index in [0.29, 0.717) is 17.4 Å². The molecule has 3 nitrogen and oxygen atoms in total. The quantitative estimate of drug-likeness (QED) is 0.317. The van der Waals surface area contributed by atoms with Crippen LogP contribution in [0.3, 0.4) is 0 Å². The van der Waals surface area contributed by atoms with Crippen molar-refractivity contribution < 1.29 is 15.3 Å². The van der Waals surface area contributed by atoms with Gasteiger partial charge in [-0.2, -0.15) is 0 Å². The fraction of sp³-hybridized carbons (Fsp3) is 0.455. The minimum Gasteiger partial charge on any atom is -0.508 e. The zero-order chi connectivity index (χ0) is 25.2. The fourth-order valence-corrected chi connectivity index (χ4v) is 6.86. The van der Waals surface area contributed by atoms with Crippen LogP contribution in [0, 0.1) is 13.8 Å². The minimum absolute atomic E-state index is 0.181. The number of hydrogen-bond donors (Lipinski definition) is 3. The number of phenolic OH excluding ortho intramolecular Hbond substituents is 3. The Hall–Kier alpha value is -2.94. The van der Waals surface area contributed by atoms with Gasteiger partial charge in [0.25, 0.3) is 0 Å². The number of phenols is 3. The van der Waals surface area contributed by atoms with E-state index in [1.165, 1.54) is 75.3 Å². The Labute approximate surface area is 215 Å². The van der Waals surface area contributed by atoms with E-state index >= 15 is 0 Å². The van der Waals surface area contributed by atoms with Gasteiger partial charge in [0.05, 0.1) is 0 Å². The molecule has 3 aromatic rings. The van der Waals surface area contributed by atoms with Gasteiger partial charge in [-0.3, -0.25) is 0 Å². The molecule has 0 radical (unpaired) electrons. The number of aromatic hydroxyl groups is 3. The summed E-state index contributed by atoms with van der Waals surface area (Å²) in [5.74, 6) is 1.15. The van der Waals surface area contributed by atoms with Crippen LogP contribution in [-0.2, 0) is 0 Å². The monoisotopic (exact) mass is 484 g/mol. The molecule has 0 bridgehead atoms. The van der Waals surface area contributed by atoms with Crippen molar-refractivity contribution in [1.29, 1.82) is 0 Å². The van der Waals surface area contributed by atoms with E-state index in [1.54, 1.807) is 6.07 Å².